The molecule has 2 rings (SSSR count). The molecule has 24 heavy (non-hydrogen) atoms. The van der Waals surface area contributed by atoms with Gasteiger partial charge in [0.15, 0.2) is 0 Å². The summed E-state index contributed by atoms with van der Waals surface area (Å²) in [5, 5.41) is 47.6. The van der Waals surface area contributed by atoms with E-state index in [4.69, 9.17) is 14.6 Å². The highest BCUT2D eigenvalue weighted by Gasteiger charge is 2.45. The lowest BCUT2D eigenvalue weighted by molar-refractivity contribution is -0.291. The first-order valence-electron chi connectivity index (χ1n) is 7.01. The number of benzene rings is 1. The topological polar surface area (TPSA) is 137 Å². The Bertz CT molecular complexity index is 600. The minimum atomic E-state index is -1.68. The van der Waals surface area contributed by atoms with Gasteiger partial charge in [-0.2, -0.15) is 0 Å². The average molecular weight is 405 g/mol. The number of carboxylic acid groups (broad SMARTS) is 1. The van der Waals surface area contributed by atoms with Gasteiger partial charge in [0, 0.05) is 4.47 Å². The van der Waals surface area contributed by atoms with Crippen LogP contribution in [0.4, 0.5) is 0 Å². The fourth-order valence-electron chi connectivity index (χ4n) is 2.15. The van der Waals surface area contributed by atoms with E-state index in [0.717, 1.165) is 4.47 Å². The number of hydrogen-bond acceptors (Lipinski definition) is 7. The third-order valence-corrected chi connectivity index (χ3v) is 4.00. The molecular weight excluding hydrogens is 388 g/mol. The van der Waals surface area contributed by atoms with Gasteiger partial charge in [-0.15, -0.1) is 0 Å². The fourth-order valence-corrected chi connectivity index (χ4v) is 2.41. The van der Waals surface area contributed by atoms with E-state index in [9.17, 15) is 25.2 Å². The Hall–Kier alpha value is -1.49. The van der Waals surface area contributed by atoms with Gasteiger partial charge in [0.2, 0.25) is 12.0 Å². The first kappa shape index (κ1) is 18.8. The van der Waals surface area contributed by atoms with Crippen molar-refractivity contribution in [2.45, 2.75) is 30.7 Å². The number of halogens is 1. The van der Waals surface area contributed by atoms with E-state index in [-0.39, 0.29) is 0 Å². The molecule has 0 bridgehead atoms. The van der Waals surface area contributed by atoms with Gasteiger partial charge in [0.25, 0.3) is 0 Å². The molecule has 0 aromatic heterocycles. The van der Waals surface area contributed by atoms with Gasteiger partial charge in [0.1, 0.15) is 24.4 Å². The van der Waals surface area contributed by atoms with Gasteiger partial charge in [-0.1, -0.05) is 28.1 Å². The van der Waals surface area contributed by atoms with E-state index >= 15 is 0 Å². The van der Waals surface area contributed by atoms with Crippen LogP contribution in [-0.2, 0) is 14.3 Å². The van der Waals surface area contributed by atoms with Crippen LogP contribution in [0.3, 0.4) is 0 Å². The van der Waals surface area contributed by atoms with Crippen molar-refractivity contribution in [3.05, 3.63) is 40.1 Å². The summed E-state index contributed by atoms with van der Waals surface area (Å²) in [6.45, 7) is -0.635. The minimum Gasteiger partial charge on any atom is -0.475 e. The van der Waals surface area contributed by atoms with Crippen LogP contribution in [0.1, 0.15) is 5.56 Å². The van der Waals surface area contributed by atoms with E-state index in [1.54, 1.807) is 24.3 Å². The van der Waals surface area contributed by atoms with Crippen LogP contribution < -0.4 is 0 Å². The number of ether oxygens (including phenoxy) is 2. The van der Waals surface area contributed by atoms with Crippen molar-refractivity contribution in [1.29, 1.82) is 0 Å². The molecule has 9 heteroatoms. The maximum atomic E-state index is 11.3. The van der Waals surface area contributed by atoms with Crippen molar-refractivity contribution < 1.29 is 39.8 Å². The van der Waals surface area contributed by atoms with E-state index in [1.165, 1.54) is 6.08 Å². The zero-order valence-electron chi connectivity index (χ0n) is 12.3. The maximum Gasteiger partial charge on any atom is 0.371 e. The Morgan fingerprint density at radius 2 is 1.79 bits per heavy atom. The van der Waals surface area contributed by atoms with Crippen LogP contribution >= 0.6 is 15.9 Å². The molecule has 0 unspecified atom stereocenters. The highest BCUT2D eigenvalue weighted by Crippen LogP contribution is 2.24. The van der Waals surface area contributed by atoms with Crippen molar-refractivity contribution in [3.8, 4) is 0 Å². The standard InChI is InChI=1S/C15H17BrO8/c16-8-3-1-7(2-4-8)5-9(14(21)22)23-15-13(20)12(19)11(18)10(6-17)24-15/h1-5,10-13,15,17-20H,6H2,(H,21,22)/b9-5-/t10-,11-,12+,13-,15-/m0/s1. The molecule has 1 aliphatic heterocycles. The molecule has 0 spiro atoms. The zero-order chi connectivity index (χ0) is 17.9. The van der Waals surface area contributed by atoms with Gasteiger partial charge in [-0.3, -0.25) is 0 Å². The lowest BCUT2D eigenvalue weighted by atomic mass is 9.99. The Morgan fingerprint density at radius 3 is 2.33 bits per heavy atom. The number of hydrogen-bond donors (Lipinski definition) is 5. The number of carboxylic acids is 1. The molecule has 5 atom stereocenters. The summed E-state index contributed by atoms with van der Waals surface area (Å²) in [6.07, 6.45) is -6.40. The van der Waals surface area contributed by atoms with Gasteiger partial charge in [0.05, 0.1) is 6.61 Å². The fraction of sp³-hybridized carbons (Fsp3) is 0.400. The van der Waals surface area contributed by atoms with E-state index in [1.807, 2.05) is 0 Å². The molecule has 0 aliphatic carbocycles. The summed E-state index contributed by atoms with van der Waals surface area (Å²) >= 11 is 3.26. The Labute approximate surface area is 145 Å². The summed E-state index contributed by atoms with van der Waals surface area (Å²) in [6, 6.07) is 6.70. The molecule has 1 saturated heterocycles. The Kier molecular flexibility index (Phi) is 6.33. The summed E-state index contributed by atoms with van der Waals surface area (Å²) in [4.78, 5) is 11.3. The number of aliphatic hydroxyl groups is 4. The Balaban J connectivity index is 2.20. The molecule has 5 N–H and O–H groups in total. The van der Waals surface area contributed by atoms with Crippen molar-refractivity contribution >= 4 is 28.0 Å². The SMILES string of the molecule is O=C(O)/C(=C/c1ccc(Br)cc1)O[C@H]1O[C@@H](CO)[C@H](O)[C@@H](O)[C@@H]1O. The maximum absolute atomic E-state index is 11.3. The predicted molar refractivity (Wildman–Crippen MR) is 84.6 cm³/mol. The second-order valence-electron chi connectivity index (χ2n) is 5.18. The third-order valence-electron chi connectivity index (χ3n) is 3.47. The summed E-state index contributed by atoms with van der Waals surface area (Å²) in [7, 11) is 0. The molecule has 132 valence electrons. The summed E-state index contributed by atoms with van der Waals surface area (Å²) in [5.41, 5.74) is 0.528. The first-order valence-corrected chi connectivity index (χ1v) is 7.80. The van der Waals surface area contributed by atoms with Crippen LogP contribution in [0.5, 0.6) is 0 Å². The van der Waals surface area contributed by atoms with E-state index in [0.29, 0.717) is 5.56 Å². The normalized spacial score (nSPS) is 30.9. The second-order valence-corrected chi connectivity index (χ2v) is 6.10. The minimum absolute atomic E-state index is 0.526. The van der Waals surface area contributed by atoms with Gasteiger partial charge in [-0.25, -0.2) is 4.79 Å². The largest absolute Gasteiger partial charge is 0.475 e. The first-order chi connectivity index (χ1) is 11.3. The van der Waals surface area contributed by atoms with Gasteiger partial charge in [-0.05, 0) is 23.8 Å². The van der Waals surface area contributed by atoms with Crippen molar-refractivity contribution in [1.82, 2.24) is 0 Å². The number of carbonyl (C=O) groups is 1. The molecule has 0 amide bonds. The number of aliphatic carboxylic acids is 1. The predicted octanol–water partition coefficient (Wildman–Crippen LogP) is -0.309. The van der Waals surface area contributed by atoms with Crippen molar-refractivity contribution in [3.63, 3.8) is 0 Å². The van der Waals surface area contributed by atoms with E-state index in [2.05, 4.69) is 15.9 Å². The van der Waals surface area contributed by atoms with Crippen molar-refractivity contribution in [2.24, 2.45) is 0 Å². The molecular formula is C15H17BrO8. The summed E-state index contributed by atoms with van der Waals surface area (Å²) in [5.74, 6) is -1.93. The highest BCUT2D eigenvalue weighted by molar-refractivity contribution is 9.10. The number of rotatable bonds is 5. The van der Waals surface area contributed by atoms with Gasteiger partial charge < -0.3 is 35.0 Å². The second kappa shape index (κ2) is 8.06. The van der Waals surface area contributed by atoms with Crippen molar-refractivity contribution in [2.75, 3.05) is 6.61 Å². The molecule has 1 aliphatic rings. The lowest BCUT2D eigenvalue weighted by Gasteiger charge is -2.39. The molecule has 1 heterocycles. The lowest BCUT2D eigenvalue weighted by Crippen LogP contribution is -2.59. The molecule has 1 aromatic carbocycles. The zero-order valence-corrected chi connectivity index (χ0v) is 13.9. The smallest absolute Gasteiger partial charge is 0.371 e. The number of aliphatic hydroxyl groups excluding tert-OH is 4. The average Bonchev–Trinajstić information content (AvgIpc) is 2.56. The molecule has 1 aromatic rings. The van der Waals surface area contributed by atoms with Crippen LogP contribution in [-0.4, -0.2) is 68.8 Å². The van der Waals surface area contributed by atoms with Crippen LogP contribution in [0.25, 0.3) is 6.08 Å². The van der Waals surface area contributed by atoms with Crippen LogP contribution in [0.2, 0.25) is 0 Å². The third kappa shape index (κ3) is 4.32. The van der Waals surface area contributed by atoms with Crippen LogP contribution in [0, 0.1) is 0 Å². The molecule has 0 saturated carbocycles. The molecule has 8 nitrogen and oxygen atoms in total. The van der Waals surface area contributed by atoms with E-state index < -0.39 is 49.0 Å². The monoisotopic (exact) mass is 404 g/mol. The van der Waals surface area contributed by atoms with Crippen LogP contribution in [0.15, 0.2) is 34.5 Å². The quantitative estimate of drug-likeness (QED) is 0.333. The summed E-state index contributed by atoms with van der Waals surface area (Å²) < 4.78 is 11.1. The molecule has 0 radical (unpaired) electrons. The molecule has 1 fully saturated rings. The highest BCUT2D eigenvalue weighted by atomic mass is 79.9. The Morgan fingerprint density at radius 1 is 1.17 bits per heavy atom. The van der Waals surface area contributed by atoms with Gasteiger partial charge >= 0.3 is 5.97 Å².